The van der Waals surface area contributed by atoms with Crippen molar-refractivity contribution in [1.29, 1.82) is 0 Å². The van der Waals surface area contributed by atoms with Gasteiger partial charge in [0.25, 0.3) is 0 Å². The van der Waals surface area contributed by atoms with Gasteiger partial charge in [0.05, 0.1) is 0 Å². The summed E-state index contributed by atoms with van der Waals surface area (Å²) in [5, 5.41) is 4.12. The summed E-state index contributed by atoms with van der Waals surface area (Å²) in [6.07, 6.45) is 2.47. The molecule has 1 heterocycles. The van der Waals surface area contributed by atoms with Crippen LogP contribution in [0, 0.1) is 0 Å². The van der Waals surface area contributed by atoms with Crippen LogP contribution in [0.4, 0.5) is 5.13 Å². The van der Waals surface area contributed by atoms with E-state index in [9.17, 15) is 0 Å². The van der Waals surface area contributed by atoms with Crippen LogP contribution in [-0.4, -0.2) is 21.4 Å². The Bertz CT molecular complexity index is 219. The second-order valence-electron chi connectivity index (χ2n) is 3.29. The molecular weight excluding hydrogens is 172 g/mol. The predicted molar refractivity (Wildman–Crippen MR) is 51.3 cm³/mol. The number of nitrogens with zero attached hydrogens (tertiary/aromatic N) is 2. The summed E-state index contributed by atoms with van der Waals surface area (Å²) in [5.74, 6) is 0. The molecule has 0 saturated heterocycles. The Hall–Kier alpha value is -0.680. The average Bonchev–Trinajstić information content (AvgIpc) is 2.38. The van der Waals surface area contributed by atoms with Crippen molar-refractivity contribution in [1.82, 2.24) is 9.36 Å². The molecule has 0 saturated carbocycles. The number of hydrogen-bond donors (Lipinski definition) is 2. The summed E-state index contributed by atoms with van der Waals surface area (Å²) in [5.41, 5.74) is 5.48. The number of nitrogens with one attached hydrogen (secondary N) is 1. The van der Waals surface area contributed by atoms with Crippen LogP contribution in [0.25, 0.3) is 0 Å². The first-order chi connectivity index (χ1) is 5.64. The van der Waals surface area contributed by atoms with Gasteiger partial charge in [-0.1, -0.05) is 0 Å². The Balaban J connectivity index is 2.50. The van der Waals surface area contributed by atoms with Crippen molar-refractivity contribution < 1.29 is 0 Å². The molecule has 0 radical (unpaired) electrons. The van der Waals surface area contributed by atoms with Gasteiger partial charge in [-0.3, -0.25) is 0 Å². The summed E-state index contributed by atoms with van der Waals surface area (Å²) in [6, 6.07) is 0. The molecule has 0 spiro atoms. The second kappa shape index (κ2) is 3.82. The minimum atomic E-state index is 0.00822. The fourth-order valence-corrected chi connectivity index (χ4v) is 1.55. The van der Waals surface area contributed by atoms with Gasteiger partial charge in [0, 0.05) is 17.1 Å². The zero-order valence-electron chi connectivity index (χ0n) is 7.37. The number of rotatable bonds is 4. The van der Waals surface area contributed by atoms with Gasteiger partial charge in [-0.15, -0.1) is 0 Å². The van der Waals surface area contributed by atoms with Gasteiger partial charge in [-0.05, 0) is 26.8 Å². The summed E-state index contributed by atoms with van der Waals surface area (Å²) in [6.45, 7) is 4.88. The molecule has 0 unspecified atom stereocenters. The highest BCUT2D eigenvalue weighted by Gasteiger charge is 2.16. The molecular formula is C7H14N4S. The molecule has 5 heteroatoms. The van der Waals surface area contributed by atoms with E-state index in [2.05, 4.69) is 28.5 Å². The lowest BCUT2D eigenvalue weighted by Crippen LogP contribution is -2.33. The first kappa shape index (κ1) is 9.41. The SMILES string of the molecule is CC(C)(CCN)Nc1ncns1. The van der Waals surface area contributed by atoms with Gasteiger partial charge in [0.2, 0.25) is 5.13 Å². The minimum absolute atomic E-state index is 0.00822. The van der Waals surface area contributed by atoms with Gasteiger partial charge >= 0.3 is 0 Å². The van der Waals surface area contributed by atoms with Crippen molar-refractivity contribution >= 4 is 16.7 Å². The number of anilines is 1. The summed E-state index contributed by atoms with van der Waals surface area (Å²) in [7, 11) is 0. The monoisotopic (exact) mass is 186 g/mol. The molecule has 12 heavy (non-hydrogen) atoms. The van der Waals surface area contributed by atoms with Crippen LogP contribution in [0.5, 0.6) is 0 Å². The topological polar surface area (TPSA) is 63.8 Å². The van der Waals surface area contributed by atoms with Crippen molar-refractivity contribution in [2.24, 2.45) is 5.73 Å². The normalized spacial score (nSPS) is 11.6. The van der Waals surface area contributed by atoms with E-state index in [1.54, 1.807) is 6.33 Å². The van der Waals surface area contributed by atoms with Crippen LogP contribution in [-0.2, 0) is 0 Å². The quantitative estimate of drug-likeness (QED) is 0.738. The van der Waals surface area contributed by atoms with E-state index < -0.39 is 0 Å². The van der Waals surface area contributed by atoms with Crippen molar-refractivity contribution in [2.75, 3.05) is 11.9 Å². The molecule has 0 amide bonds. The standard InChI is InChI=1S/C7H14N4S/c1-7(2,3-4-8)11-6-9-5-10-12-6/h5H,3-4,8H2,1-2H3,(H,9,10,11). The third-order valence-corrected chi connectivity index (χ3v) is 2.16. The average molecular weight is 186 g/mol. The van der Waals surface area contributed by atoms with Gasteiger partial charge in [0.1, 0.15) is 6.33 Å². The van der Waals surface area contributed by atoms with Crippen molar-refractivity contribution in [3.63, 3.8) is 0 Å². The zero-order chi connectivity index (χ0) is 9.03. The lowest BCUT2D eigenvalue weighted by atomic mass is 10.0. The maximum Gasteiger partial charge on any atom is 0.202 e. The van der Waals surface area contributed by atoms with Crippen LogP contribution in [0.1, 0.15) is 20.3 Å². The van der Waals surface area contributed by atoms with E-state index in [0.29, 0.717) is 6.54 Å². The van der Waals surface area contributed by atoms with Crippen LogP contribution in [0.3, 0.4) is 0 Å². The lowest BCUT2D eigenvalue weighted by molar-refractivity contribution is 0.526. The first-order valence-corrected chi connectivity index (χ1v) is 4.66. The Morgan fingerprint density at radius 1 is 1.67 bits per heavy atom. The molecule has 1 rings (SSSR count). The predicted octanol–water partition coefficient (Wildman–Crippen LogP) is 1.08. The number of aromatic nitrogens is 2. The van der Waals surface area contributed by atoms with Gasteiger partial charge in [-0.25, -0.2) is 4.98 Å². The molecule has 0 fully saturated rings. The molecule has 0 aliphatic rings. The fourth-order valence-electron chi connectivity index (χ4n) is 0.941. The summed E-state index contributed by atoms with van der Waals surface area (Å²) in [4.78, 5) is 4.04. The molecule has 0 aliphatic carbocycles. The second-order valence-corrected chi connectivity index (χ2v) is 4.07. The molecule has 3 N–H and O–H groups in total. The lowest BCUT2D eigenvalue weighted by Gasteiger charge is -2.24. The molecule has 0 atom stereocenters. The highest BCUT2D eigenvalue weighted by molar-refractivity contribution is 7.09. The van der Waals surface area contributed by atoms with Gasteiger partial charge in [-0.2, -0.15) is 4.37 Å². The van der Waals surface area contributed by atoms with Crippen molar-refractivity contribution in [3.8, 4) is 0 Å². The molecule has 1 aromatic heterocycles. The largest absolute Gasteiger partial charge is 0.355 e. The fraction of sp³-hybridized carbons (Fsp3) is 0.714. The molecule has 4 nitrogen and oxygen atoms in total. The van der Waals surface area contributed by atoms with E-state index in [-0.39, 0.29) is 5.54 Å². The van der Waals surface area contributed by atoms with Crippen LogP contribution < -0.4 is 11.1 Å². The summed E-state index contributed by atoms with van der Waals surface area (Å²) < 4.78 is 3.90. The highest BCUT2D eigenvalue weighted by atomic mass is 32.1. The first-order valence-electron chi connectivity index (χ1n) is 3.89. The minimum Gasteiger partial charge on any atom is -0.355 e. The van der Waals surface area contributed by atoms with Crippen molar-refractivity contribution in [3.05, 3.63) is 6.33 Å². The zero-order valence-corrected chi connectivity index (χ0v) is 8.19. The highest BCUT2D eigenvalue weighted by Crippen LogP contribution is 2.17. The van der Waals surface area contributed by atoms with Gasteiger partial charge < -0.3 is 11.1 Å². The molecule has 0 aliphatic heterocycles. The third kappa shape index (κ3) is 2.75. The molecule has 1 aromatic rings. The Kier molecular flexibility index (Phi) is 2.99. The molecule has 68 valence electrons. The Labute approximate surface area is 76.4 Å². The Morgan fingerprint density at radius 2 is 2.42 bits per heavy atom. The maximum atomic E-state index is 5.47. The van der Waals surface area contributed by atoms with E-state index in [1.165, 1.54) is 11.5 Å². The molecule has 0 aromatic carbocycles. The van der Waals surface area contributed by atoms with E-state index >= 15 is 0 Å². The Morgan fingerprint density at radius 3 is 2.92 bits per heavy atom. The maximum absolute atomic E-state index is 5.47. The van der Waals surface area contributed by atoms with E-state index in [0.717, 1.165) is 11.6 Å². The van der Waals surface area contributed by atoms with Crippen LogP contribution >= 0.6 is 11.5 Å². The number of nitrogens with two attached hydrogens (primary N) is 1. The van der Waals surface area contributed by atoms with Gasteiger partial charge in [0.15, 0.2) is 0 Å². The van der Waals surface area contributed by atoms with E-state index in [4.69, 9.17) is 5.73 Å². The summed E-state index contributed by atoms with van der Waals surface area (Å²) >= 11 is 1.36. The van der Waals surface area contributed by atoms with Crippen LogP contribution in [0.2, 0.25) is 0 Å². The van der Waals surface area contributed by atoms with Crippen LogP contribution in [0.15, 0.2) is 6.33 Å². The third-order valence-electron chi connectivity index (χ3n) is 1.58. The van der Waals surface area contributed by atoms with E-state index in [1.807, 2.05) is 0 Å². The number of hydrogen-bond acceptors (Lipinski definition) is 5. The molecule has 0 bridgehead atoms. The van der Waals surface area contributed by atoms with Crippen molar-refractivity contribution in [2.45, 2.75) is 25.8 Å². The smallest absolute Gasteiger partial charge is 0.202 e.